The van der Waals surface area contributed by atoms with E-state index in [9.17, 15) is 14.4 Å². The van der Waals surface area contributed by atoms with Gasteiger partial charge >= 0.3 is 11.9 Å². The fourth-order valence-electron chi connectivity index (χ4n) is 3.46. The summed E-state index contributed by atoms with van der Waals surface area (Å²) < 4.78 is 12.4. The van der Waals surface area contributed by atoms with Gasteiger partial charge in [0.25, 0.3) is 5.56 Å². The van der Waals surface area contributed by atoms with Gasteiger partial charge in [0.2, 0.25) is 0 Å². The first-order chi connectivity index (χ1) is 15.4. The van der Waals surface area contributed by atoms with E-state index in [2.05, 4.69) is 4.99 Å². The van der Waals surface area contributed by atoms with Crippen LogP contribution < -0.4 is 19.6 Å². The van der Waals surface area contributed by atoms with E-state index in [1.165, 1.54) is 29.6 Å². The minimum absolute atomic E-state index is 0.231. The molecule has 2 aromatic heterocycles. The molecular weight excluding hydrogens is 448 g/mol. The van der Waals surface area contributed by atoms with E-state index >= 15 is 0 Å². The summed E-state index contributed by atoms with van der Waals surface area (Å²) in [4.78, 5) is 43.2. The smallest absolute Gasteiger partial charge is 0.338 e. The zero-order chi connectivity index (χ0) is 22.8. The lowest BCUT2D eigenvalue weighted by Gasteiger charge is -2.23. The first-order valence-electron chi connectivity index (χ1n) is 9.90. The maximum Gasteiger partial charge on any atom is 0.338 e. The van der Waals surface area contributed by atoms with Crippen LogP contribution in [0.5, 0.6) is 5.75 Å². The van der Waals surface area contributed by atoms with Gasteiger partial charge in [-0.2, -0.15) is 0 Å². The van der Waals surface area contributed by atoms with E-state index in [1.54, 1.807) is 48.8 Å². The first kappa shape index (κ1) is 21.9. The summed E-state index contributed by atoms with van der Waals surface area (Å²) in [5.74, 6) is -0.432. The van der Waals surface area contributed by atoms with Gasteiger partial charge in [-0.15, -0.1) is 11.3 Å². The summed E-state index contributed by atoms with van der Waals surface area (Å²) in [6.07, 6.45) is 1.76. The molecule has 4 rings (SSSR count). The number of fused-ring (bicyclic) bond motifs is 1. The second-order valence-electron chi connectivity index (χ2n) is 6.98. The number of rotatable bonds is 5. The molecule has 0 saturated carbocycles. The third-order valence-corrected chi connectivity index (χ3v) is 6.68. The SMILES string of the molecule is CCOC(=O)C1=C(C)N=c2s/c(=C\c3ccc(OC(C)=O)cc3)c(=O)n2[C@H]1c1cccs1. The Morgan fingerprint density at radius 1 is 1.22 bits per heavy atom. The Morgan fingerprint density at radius 2 is 1.97 bits per heavy atom. The molecule has 0 saturated heterocycles. The molecule has 164 valence electrons. The van der Waals surface area contributed by atoms with Crippen molar-refractivity contribution in [2.45, 2.75) is 26.8 Å². The van der Waals surface area contributed by atoms with Crippen LogP contribution in [0.3, 0.4) is 0 Å². The fourth-order valence-corrected chi connectivity index (χ4v) is 5.33. The van der Waals surface area contributed by atoms with Crippen molar-refractivity contribution >= 4 is 40.7 Å². The summed E-state index contributed by atoms with van der Waals surface area (Å²) >= 11 is 2.74. The van der Waals surface area contributed by atoms with Gasteiger partial charge in [0.1, 0.15) is 11.8 Å². The normalized spacial score (nSPS) is 15.8. The van der Waals surface area contributed by atoms with Crippen molar-refractivity contribution in [3.63, 3.8) is 0 Å². The number of carbonyl (C=O) groups is 2. The van der Waals surface area contributed by atoms with Crippen molar-refractivity contribution in [1.29, 1.82) is 0 Å². The maximum absolute atomic E-state index is 13.4. The number of thiophene rings is 1. The second-order valence-corrected chi connectivity index (χ2v) is 8.97. The molecule has 3 heterocycles. The Bertz CT molecular complexity index is 1380. The van der Waals surface area contributed by atoms with Crippen LogP contribution in [0.15, 0.2) is 62.8 Å². The van der Waals surface area contributed by atoms with Gasteiger partial charge in [-0.3, -0.25) is 14.2 Å². The minimum Gasteiger partial charge on any atom is -0.463 e. The number of hydrogen-bond acceptors (Lipinski definition) is 8. The van der Waals surface area contributed by atoms with Crippen LogP contribution in [0.1, 0.15) is 37.3 Å². The topological polar surface area (TPSA) is 87.0 Å². The van der Waals surface area contributed by atoms with Crippen molar-refractivity contribution in [2.75, 3.05) is 6.61 Å². The monoisotopic (exact) mass is 468 g/mol. The number of esters is 2. The highest BCUT2D eigenvalue weighted by molar-refractivity contribution is 7.10. The Balaban J connectivity index is 1.83. The predicted octanol–water partition coefficient (Wildman–Crippen LogP) is 2.79. The van der Waals surface area contributed by atoms with Crippen LogP contribution in [-0.4, -0.2) is 23.1 Å². The molecule has 0 amide bonds. The average Bonchev–Trinajstić information content (AvgIpc) is 3.37. The minimum atomic E-state index is -0.584. The van der Waals surface area contributed by atoms with Gasteiger partial charge in [-0.1, -0.05) is 29.5 Å². The number of allylic oxidation sites excluding steroid dienone is 1. The summed E-state index contributed by atoms with van der Waals surface area (Å²) in [5, 5.41) is 1.91. The maximum atomic E-state index is 13.4. The van der Waals surface area contributed by atoms with E-state index in [0.717, 1.165) is 10.4 Å². The molecule has 1 aromatic carbocycles. The van der Waals surface area contributed by atoms with Crippen LogP contribution in [0.2, 0.25) is 0 Å². The number of carbonyl (C=O) groups excluding carboxylic acids is 2. The number of hydrogen-bond donors (Lipinski definition) is 0. The highest BCUT2D eigenvalue weighted by Gasteiger charge is 2.33. The lowest BCUT2D eigenvalue weighted by molar-refractivity contribution is -0.139. The van der Waals surface area contributed by atoms with Gasteiger partial charge in [0.05, 0.1) is 22.4 Å². The molecule has 0 unspecified atom stereocenters. The van der Waals surface area contributed by atoms with Gasteiger partial charge in [0, 0.05) is 11.8 Å². The van der Waals surface area contributed by atoms with Crippen LogP contribution in [-0.2, 0) is 14.3 Å². The fraction of sp³-hybridized carbons (Fsp3) is 0.217. The van der Waals surface area contributed by atoms with Crippen LogP contribution in [0, 0.1) is 0 Å². The lowest BCUT2D eigenvalue weighted by atomic mass is 10.0. The highest BCUT2D eigenvalue weighted by Crippen LogP contribution is 2.33. The van der Waals surface area contributed by atoms with Crippen LogP contribution >= 0.6 is 22.7 Å². The van der Waals surface area contributed by atoms with E-state index < -0.39 is 18.0 Å². The molecule has 32 heavy (non-hydrogen) atoms. The molecule has 1 atom stereocenters. The molecule has 1 aliphatic heterocycles. The summed E-state index contributed by atoms with van der Waals surface area (Å²) in [6, 6.07) is 10.1. The molecule has 0 N–H and O–H groups in total. The zero-order valence-corrected chi connectivity index (χ0v) is 19.3. The zero-order valence-electron chi connectivity index (χ0n) is 17.7. The number of benzene rings is 1. The second kappa shape index (κ2) is 9.05. The molecule has 7 nitrogen and oxygen atoms in total. The van der Waals surface area contributed by atoms with E-state index in [1.807, 2.05) is 17.5 Å². The number of ether oxygens (including phenoxy) is 2. The molecule has 0 aliphatic carbocycles. The summed E-state index contributed by atoms with van der Waals surface area (Å²) in [5.41, 5.74) is 1.46. The van der Waals surface area contributed by atoms with Gasteiger partial charge in [-0.25, -0.2) is 9.79 Å². The van der Waals surface area contributed by atoms with E-state index in [0.29, 0.717) is 26.4 Å². The first-order valence-corrected chi connectivity index (χ1v) is 11.6. The largest absolute Gasteiger partial charge is 0.463 e. The molecule has 1 aliphatic rings. The number of thiazole rings is 1. The average molecular weight is 469 g/mol. The van der Waals surface area contributed by atoms with Crippen LogP contribution in [0.4, 0.5) is 0 Å². The van der Waals surface area contributed by atoms with Gasteiger partial charge in [-0.05, 0) is 49.1 Å². The lowest BCUT2D eigenvalue weighted by Crippen LogP contribution is -2.39. The quantitative estimate of drug-likeness (QED) is 0.425. The van der Waals surface area contributed by atoms with Gasteiger partial charge < -0.3 is 9.47 Å². The van der Waals surface area contributed by atoms with Gasteiger partial charge in [0.15, 0.2) is 4.80 Å². The summed E-state index contributed by atoms with van der Waals surface area (Å²) in [7, 11) is 0. The molecule has 0 fully saturated rings. The van der Waals surface area contributed by atoms with Crippen molar-refractivity contribution in [2.24, 2.45) is 4.99 Å². The Hall–Kier alpha value is -3.30. The number of nitrogens with zero attached hydrogens (tertiary/aromatic N) is 2. The van der Waals surface area contributed by atoms with Crippen molar-refractivity contribution in [1.82, 2.24) is 4.57 Å². The van der Waals surface area contributed by atoms with Crippen molar-refractivity contribution < 1.29 is 19.1 Å². The molecule has 0 radical (unpaired) electrons. The van der Waals surface area contributed by atoms with E-state index in [4.69, 9.17) is 9.47 Å². The molecule has 0 bridgehead atoms. The Kier molecular flexibility index (Phi) is 6.20. The Morgan fingerprint density at radius 3 is 2.59 bits per heavy atom. The van der Waals surface area contributed by atoms with Crippen molar-refractivity contribution in [3.05, 3.63) is 83.2 Å². The molecule has 3 aromatic rings. The summed E-state index contributed by atoms with van der Waals surface area (Å²) in [6.45, 7) is 5.08. The van der Waals surface area contributed by atoms with E-state index in [-0.39, 0.29) is 12.2 Å². The number of aromatic nitrogens is 1. The highest BCUT2D eigenvalue weighted by atomic mass is 32.1. The molecular formula is C23H20N2O5S2. The standard InChI is InChI=1S/C23H20N2O5S2/c1-4-29-22(28)19-13(2)24-23-25(20(19)17-6-5-11-31-17)21(27)18(32-23)12-15-7-9-16(10-8-15)30-14(3)26/h5-12,20H,4H2,1-3H3/b18-12-/t20-/m0/s1. The van der Waals surface area contributed by atoms with Crippen LogP contribution in [0.25, 0.3) is 6.08 Å². The predicted molar refractivity (Wildman–Crippen MR) is 122 cm³/mol. The Labute approximate surface area is 191 Å². The third-order valence-electron chi connectivity index (χ3n) is 4.77. The third kappa shape index (κ3) is 4.21. The van der Waals surface area contributed by atoms with Crippen molar-refractivity contribution in [3.8, 4) is 5.75 Å². The molecule has 0 spiro atoms. The molecule has 9 heteroatoms.